The van der Waals surface area contributed by atoms with Gasteiger partial charge in [-0.25, -0.2) is 14.6 Å². The SMILES string of the molecule is CCC(C(=O)O)N(C)C(=O)C(Cc1cnc[nH]1)NC(=O)OCC1c2ccccc2-c2ccccc21. The third-order valence-corrected chi connectivity index (χ3v) is 6.40. The smallest absolute Gasteiger partial charge is 0.407 e. The Morgan fingerprint density at radius 2 is 1.74 bits per heavy atom. The number of nitrogens with zero attached hydrogens (tertiary/aromatic N) is 2. The maximum absolute atomic E-state index is 13.2. The zero-order valence-electron chi connectivity index (χ0n) is 19.6. The Labute approximate surface area is 203 Å². The van der Waals surface area contributed by atoms with Gasteiger partial charge < -0.3 is 25.0 Å². The van der Waals surface area contributed by atoms with E-state index in [9.17, 15) is 19.5 Å². The lowest BCUT2D eigenvalue weighted by atomic mass is 9.98. The molecule has 2 unspecified atom stereocenters. The van der Waals surface area contributed by atoms with Crippen LogP contribution in [-0.2, 0) is 20.7 Å². The number of benzene rings is 2. The Balaban J connectivity index is 1.47. The van der Waals surface area contributed by atoms with Crippen LogP contribution >= 0.6 is 0 Å². The highest BCUT2D eigenvalue weighted by atomic mass is 16.5. The van der Waals surface area contributed by atoms with Gasteiger partial charge in [0.05, 0.1) is 6.33 Å². The summed E-state index contributed by atoms with van der Waals surface area (Å²) in [6.45, 7) is 1.79. The summed E-state index contributed by atoms with van der Waals surface area (Å²) >= 11 is 0. The lowest BCUT2D eigenvalue weighted by molar-refractivity contribution is -0.149. The van der Waals surface area contributed by atoms with Crippen molar-refractivity contribution in [3.63, 3.8) is 0 Å². The van der Waals surface area contributed by atoms with E-state index in [1.54, 1.807) is 13.1 Å². The molecule has 2 amide bonds. The molecule has 3 aromatic rings. The number of carboxylic acid groups (broad SMARTS) is 1. The molecule has 1 aliphatic carbocycles. The third-order valence-electron chi connectivity index (χ3n) is 6.40. The fraction of sp³-hybridized carbons (Fsp3) is 0.308. The number of alkyl carbamates (subject to hydrolysis) is 1. The number of rotatable bonds is 9. The predicted octanol–water partition coefficient (Wildman–Crippen LogP) is 3.18. The predicted molar refractivity (Wildman–Crippen MR) is 129 cm³/mol. The highest BCUT2D eigenvalue weighted by Gasteiger charge is 2.33. The Kier molecular flexibility index (Phi) is 7.14. The van der Waals surface area contributed by atoms with Gasteiger partial charge in [-0.15, -0.1) is 0 Å². The van der Waals surface area contributed by atoms with Crippen molar-refractivity contribution < 1.29 is 24.2 Å². The first-order valence-corrected chi connectivity index (χ1v) is 11.5. The second-order valence-corrected chi connectivity index (χ2v) is 8.51. The molecule has 9 heteroatoms. The monoisotopic (exact) mass is 476 g/mol. The summed E-state index contributed by atoms with van der Waals surface area (Å²) in [4.78, 5) is 45.5. The van der Waals surface area contributed by atoms with Gasteiger partial charge in [0.1, 0.15) is 18.7 Å². The Bertz CT molecular complexity index is 1160. The fourth-order valence-corrected chi connectivity index (χ4v) is 4.61. The van der Waals surface area contributed by atoms with Crippen molar-refractivity contribution >= 4 is 18.0 Å². The van der Waals surface area contributed by atoms with Crippen LogP contribution in [0.1, 0.15) is 36.1 Å². The van der Waals surface area contributed by atoms with Crippen LogP contribution in [0.2, 0.25) is 0 Å². The van der Waals surface area contributed by atoms with Gasteiger partial charge in [-0.05, 0) is 28.7 Å². The van der Waals surface area contributed by atoms with Crippen molar-refractivity contribution in [2.75, 3.05) is 13.7 Å². The molecule has 0 aliphatic heterocycles. The molecule has 0 saturated heterocycles. The molecular weight excluding hydrogens is 448 g/mol. The molecule has 3 N–H and O–H groups in total. The van der Waals surface area contributed by atoms with Crippen molar-refractivity contribution in [2.45, 2.75) is 37.8 Å². The van der Waals surface area contributed by atoms with E-state index in [-0.39, 0.29) is 25.4 Å². The summed E-state index contributed by atoms with van der Waals surface area (Å²) in [5.41, 5.74) is 5.02. The minimum absolute atomic E-state index is 0.105. The van der Waals surface area contributed by atoms with Gasteiger partial charge in [-0.1, -0.05) is 55.5 Å². The van der Waals surface area contributed by atoms with Gasteiger partial charge in [0.25, 0.3) is 0 Å². The number of ether oxygens (including phenoxy) is 1. The number of aromatic nitrogens is 2. The van der Waals surface area contributed by atoms with Crippen LogP contribution in [0.15, 0.2) is 61.1 Å². The highest BCUT2D eigenvalue weighted by molar-refractivity contribution is 5.89. The topological polar surface area (TPSA) is 125 Å². The van der Waals surface area contributed by atoms with Crippen LogP contribution in [0.3, 0.4) is 0 Å². The summed E-state index contributed by atoms with van der Waals surface area (Å²) in [6.07, 6.45) is 2.62. The maximum atomic E-state index is 13.2. The molecule has 1 aliphatic rings. The number of carbonyl (C=O) groups is 3. The second-order valence-electron chi connectivity index (χ2n) is 8.51. The quantitative estimate of drug-likeness (QED) is 0.436. The third kappa shape index (κ3) is 5.03. The molecule has 2 aromatic carbocycles. The number of likely N-dealkylation sites (N-methyl/N-ethyl adjacent to an activating group) is 1. The van der Waals surface area contributed by atoms with Crippen molar-refractivity contribution in [3.05, 3.63) is 77.9 Å². The standard InChI is InChI=1S/C26H28N4O5/c1-3-23(25(32)33)30(2)24(31)22(12-16-13-27-15-28-16)29-26(34)35-14-21-19-10-6-4-8-17(19)18-9-5-7-11-20(18)21/h4-11,13,15,21-23H,3,12,14H2,1-2H3,(H,27,28)(H,29,34)(H,32,33). The van der Waals surface area contributed by atoms with E-state index in [0.717, 1.165) is 27.2 Å². The number of aromatic amines is 1. The number of aliphatic carboxylic acids is 1. The summed E-state index contributed by atoms with van der Waals surface area (Å²) in [6, 6.07) is 14.0. The van der Waals surface area contributed by atoms with Gasteiger partial charge in [-0.2, -0.15) is 0 Å². The average Bonchev–Trinajstić information content (AvgIpc) is 3.48. The number of imidazole rings is 1. The first-order valence-electron chi connectivity index (χ1n) is 11.5. The van der Waals surface area contributed by atoms with Gasteiger partial charge in [0.15, 0.2) is 0 Å². The molecule has 9 nitrogen and oxygen atoms in total. The highest BCUT2D eigenvalue weighted by Crippen LogP contribution is 2.44. The Morgan fingerprint density at radius 3 is 2.29 bits per heavy atom. The Morgan fingerprint density at radius 1 is 1.11 bits per heavy atom. The van der Waals surface area contributed by atoms with Crippen LogP contribution in [0.5, 0.6) is 0 Å². The summed E-state index contributed by atoms with van der Waals surface area (Å²) in [5, 5.41) is 12.1. The van der Waals surface area contributed by atoms with Gasteiger partial charge in [-0.3, -0.25) is 4.79 Å². The van der Waals surface area contributed by atoms with Crippen molar-refractivity contribution in [1.82, 2.24) is 20.2 Å². The van der Waals surface area contributed by atoms with Gasteiger partial charge >= 0.3 is 12.1 Å². The number of nitrogens with one attached hydrogen (secondary N) is 2. The first kappa shape index (κ1) is 24.0. The second kappa shape index (κ2) is 10.4. The van der Waals surface area contributed by atoms with Gasteiger partial charge in [0, 0.05) is 31.3 Å². The zero-order valence-corrected chi connectivity index (χ0v) is 19.6. The van der Waals surface area contributed by atoms with E-state index in [2.05, 4.69) is 27.4 Å². The van der Waals surface area contributed by atoms with Crippen LogP contribution in [0, 0.1) is 0 Å². The fourth-order valence-electron chi connectivity index (χ4n) is 4.61. The van der Waals surface area contributed by atoms with Crippen molar-refractivity contribution in [3.8, 4) is 11.1 Å². The van der Waals surface area contributed by atoms with E-state index in [1.165, 1.54) is 13.4 Å². The van der Waals surface area contributed by atoms with E-state index in [1.807, 2.05) is 36.4 Å². The number of carbonyl (C=O) groups excluding carboxylic acids is 2. The molecule has 2 atom stereocenters. The summed E-state index contributed by atoms with van der Waals surface area (Å²) in [7, 11) is 1.42. The molecule has 0 fully saturated rings. The largest absolute Gasteiger partial charge is 0.480 e. The molecule has 1 aromatic heterocycles. The lowest BCUT2D eigenvalue weighted by Crippen LogP contribution is -2.53. The molecule has 182 valence electrons. The summed E-state index contributed by atoms with van der Waals surface area (Å²) < 4.78 is 5.59. The molecular formula is C26H28N4O5. The van der Waals surface area contributed by atoms with Crippen molar-refractivity contribution in [2.24, 2.45) is 0 Å². The Hall–Kier alpha value is -4.14. The number of hydrogen-bond acceptors (Lipinski definition) is 5. The lowest BCUT2D eigenvalue weighted by Gasteiger charge is -2.28. The minimum atomic E-state index is -1.11. The first-order chi connectivity index (χ1) is 16.9. The number of hydrogen-bond donors (Lipinski definition) is 3. The molecule has 0 spiro atoms. The minimum Gasteiger partial charge on any atom is -0.480 e. The van der Waals surface area contributed by atoms with E-state index in [4.69, 9.17) is 4.74 Å². The normalized spacial score (nSPS) is 13.9. The van der Waals surface area contributed by atoms with Crippen molar-refractivity contribution in [1.29, 1.82) is 0 Å². The molecule has 0 radical (unpaired) electrons. The number of amides is 2. The van der Waals surface area contributed by atoms with Crippen LogP contribution < -0.4 is 5.32 Å². The van der Waals surface area contributed by atoms with Gasteiger partial charge in [0.2, 0.25) is 5.91 Å². The van der Waals surface area contributed by atoms with E-state index in [0.29, 0.717) is 5.69 Å². The van der Waals surface area contributed by atoms with Crippen LogP contribution in [0.4, 0.5) is 4.79 Å². The number of H-pyrrole nitrogens is 1. The molecule has 35 heavy (non-hydrogen) atoms. The maximum Gasteiger partial charge on any atom is 0.407 e. The number of fused-ring (bicyclic) bond motifs is 3. The number of carboxylic acids is 1. The summed E-state index contributed by atoms with van der Waals surface area (Å²) in [5.74, 6) is -1.75. The molecule has 0 saturated carbocycles. The molecule has 1 heterocycles. The van der Waals surface area contributed by atoms with E-state index < -0.39 is 30.1 Å². The molecule has 4 rings (SSSR count). The van der Waals surface area contributed by atoms with E-state index >= 15 is 0 Å². The van der Waals surface area contributed by atoms with Crippen LogP contribution in [0.25, 0.3) is 11.1 Å². The van der Waals surface area contributed by atoms with Crippen LogP contribution in [-0.4, -0.2) is 63.7 Å². The average molecular weight is 477 g/mol. The molecule has 0 bridgehead atoms. The zero-order chi connectivity index (χ0) is 24.9.